The van der Waals surface area contributed by atoms with Crippen LogP contribution in [0.2, 0.25) is 5.02 Å². The second-order valence-electron chi connectivity index (χ2n) is 15.1. The lowest BCUT2D eigenvalue weighted by Gasteiger charge is -2.41. The smallest absolute Gasteiger partial charge is 0.245 e. The van der Waals surface area contributed by atoms with E-state index in [9.17, 15) is 14.4 Å². The van der Waals surface area contributed by atoms with E-state index in [4.69, 9.17) is 16.3 Å². The molecule has 1 aromatic rings. The van der Waals surface area contributed by atoms with Crippen LogP contribution in [-0.4, -0.2) is 107 Å². The normalized spacial score (nSPS) is 29.2. The Bertz CT molecular complexity index is 1250. The second-order valence-corrected chi connectivity index (χ2v) is 15.5. The maximum absolute atomic E-state index is 15.4. The van der Waals surface area contributed by atoms with Crippen molar-refractivity contribution in [1.29, 1.82) is 0 Å². The number of amides is 3. The summed E-state index contributed by atoms with van der Waals surface area (Å²) in [6.45, 7) is 15.6. The molecule has 0 aromatic heterocycles. The monoisotopic (exact) mass is 682 g/mol. The molecule has 3 aliphatic heterocycles. The lowest BCUT2D eigenvalue weighted by atomic mass is 9.85. The molecule has 11 heteroatoms. The number of likely N-dealkylation sites (tertiary alicyclic amines) is 2. The van der Waals surface area contributed by atoms with Gasteiger partial charge in [0.2, 0.25) is 17.7 Å². The number of rotatable bonds is 6. The number of carbonyl (C=O) groups is 3. The van der Waals surface area contributed by atoms with Crippen molar-refractivity contribution in [3.05, 3.63) is 34.6 Å². The van der Waals surface area contributed by atoms with Gasteiger partial charge < -0.3 is 19.4 Å². The summed E-state index contributed by atoms with van der Waals surface area (Å²) in [5.74, 6) is -1.02. The Morgan fingerprint density at radius 1 is 0.978 bits per heavy atom. The van der Waals surface area contributed by atoms with Crippen molar-refractivity contribution in [3.63, 3.8) is 0 Å². The Balaban J connectivity index is 0.00000480. The van der Waals surface area contributed by atoms with Crippen LogP contribution in [0.3, 0.4) is 0 Å². The summed E-state index contributed by atoms with van der Waals surface area (Å²) >= 11 is 6.11. The zero-order valence-corrected chi connectivity index (χ0v) is 29.9. The first-order chi connectivity index (χ1) is 21.3. The highest BCUT2D eigenvalue weighted by atomic mass is 35.5. The molecule has 0 radical (unpaired) electrons. The second kappa shape index (κ2) is 15.1. The Hall–Kier alpha value is -1.94. The fraction of sp³-hybridized carbons (Fsp3) is 0.743. The first kappa shape index (κ1) is 36.9. The van der Waals surface area contributed by atoms with Gasteiger partial charge in [-0.15, -0.1) is 12.4 Å². The van der Waals surface area contributed by atoms with Gasteiger partial charge in [0.05, 0.1) is 25.2 Å². The quantitative estimate of drug-likeness (QED) is 0.390. The van der Waals surface area contributed by atoms with E-state index >= 15 is 4.39 Å². The van der Waals surface area contributed by atoms with E-state index in [2.05, 4.69) is 37.5 Å². The molecule has 258 valence electrons. The molecule has 4 fully saturated rings. The van der Waals surface area contributed by atoms with Crippen molar-refractivity contribution in [2.45, 2.75) is 103 Å². The zero-order valence-electron chi connectivity index (χ0n) is 28.3. The van der Waals surface area contributed by atoms with Crippen LogP contribution in [0.15, 0.2) is 18.2 Å². The lowest BCUT2D eigenvalue weighted by Crippen LogP contribution is -2.53. The molecule has 1 aliphatic carbocycles. The van der Waals surface area contributed by atoms with Gasteiger partial charge in [-0.3, -0.25) is 19.3 Å². The number of morpholine rings is 1. The average molecular weight is 684 g/mol. The van der Waals surface area contributed by atoms with Gasteiger partial charge in [0, 0.05) is 61.2 Å². The van der Waals surface area contributed by atoms with Crippen LogP contribution in [0.4, 0.5) is 4.39 Å². The molecular weight excluding hydrogens is 630 g/mol. The van der Waals surface area contributed by atoms with Crippen molar-refractivity contribution in [2.75, 3.05) is 45.9 Å². The van der Waals surface area contributed by atoms with Gasteiger partial charge in [0.25, 0.3) is 0 Å². The van der Waals surface area contributed by atoms with E-state index in [0.717, 1.165) is 25.7 Å². The number of benzene rings is 1. The summed E-state index contributed by atoms with van der Waals surface area (Å²) < 4.78 is 20.9. The molecule has 46 heavy (non-hydrogen) atoms. The maximum Gasteiger partial charge on any atom is 0.245 e. The topological polar surface area (TPSA) is 73.4 Å². The summed E-state index contributed by atoms with van der Waals surface area (Å²) in [4.78, 5) is 50.7. The van der Waals surface area contributed by atoms with Crippen LogP contribution >= 0.6 is 24.0 Å². The summed E-state index contributed by atoms with van der Waals surface area (Å²) in [6.07, 6.45) is 4.43. The van der Waals surface area contributed by atoms with Crippen molar-refractivity contribution in [2.24, 2.45) is 17.8 Å². The highest BCUT2D eigenvalue weighted by Gasteiger charge is 2.51. The van der Waals surface area contributed by atoms with Crippen LogP contribution in [0, 0.1) is 23.6 Å². The first-order valence-corrected chi connectivity index (χ1v) is 17.3. The minimum atomic E-state index is -0.676. The summed E-state index contributed by atoms with van der Waals surface area (Å²) in [5.41, 5.74) is 0.245. The predicted octanol–water partition coefficient (Wildman–Crippen LogP) is 5.61. The highest BCUT2D eigenvalue weighted by molar-refractivity contribution is 6.30. The van der Waals surface area contributed by atoms with Crippen LogP contribution in [-0.2, 0) is 19.1 Å². The molecule has 4 aliphatic rings. The molecule has 3 heterocycles. The van der Waals surface area contributed by atoms with E-state index in [0.29, 0.717) is 68.9 Å². The van der Waals surface area contributed by atoms with Gasteiger partial charge >= 0.3 is 0 Å². The minimum absolute atomic E-state index is 0. The number of carbonyl (C=O) groups excluding carboxylic acids is 3. The van der Waals surface area contributed by atoms with Gasteiger partial charge in [0.15, 0.2) is 0 Å². The first-order valence-electron chi connectivity index (χ1n) is 17.0. The van der Waals surface area contributed by atoms with Crippen molar-refractivity contribution in [1.82, 2.24) is 19.6 Å². The molecule has 0 N–H and O–H groups in total. The standard InChI is InChI=1S/C35H52ClFN4O4.ClH/c1-22(2)32(42)41(25-10-7-23(3)8-11-25)26-18-31(34(44)38-13-15-45-16-14-38)40(19-26)33(43)29-21-39(35(4,5)6)20-28(29)27-12-9-24(36)17-30(27)37;/h9,12,17,22-23,25-26,28-29,31H,7-8,10-11,13-16,18-21H2,1-6H3;1H/t23?,25?,26-,28-,29+,31-;/m0./s1. The number of nitrogens with zero attached hydrogens (tertiary/aromatic N) is 4. The van der Waals surface area contributed by atoms with Crippen LogP contribution in [0.5, 0.6) is 0 Å². The lowest BCUT2D eigenvalue weighted by molar-refractivity contribution is -0.148. The molecule has 3 saturated heterocycles. The molecule has 0 unspecified atom stereocenters. The molecule has 0 spiro atoms. The highest BCUT2D eigenvalue weighted by Crippen LogP contribution is 2.41. The Labute approximate surface area is 285 Å². The van der Waals surface area contributed by atoms with Gasteiger partial charge in [0.1, 0.15) is 11.9 Å². The zero-order chi connectivity index (χ0) is 32.6. The van der Waals surface area contributed by atoms with Crippen molar-refractivity contribution < 1.29 is 23.5 Å². The molecule has 8 nitrogen and oxygen atoms in total. The van der Waals surface area contributed by atoms with Crippen LogP contribution < -0.4 is 0 Å². The molecule has 1 aromatic carbocycles. The third-order valence-corrected chi connectivity index (χ3v) is 10.9. The molecule has 3 amide bonds. The molecule has 1 saturated carbocycles. The average Bonchev–Trinajstić information content (AvgIpc) is 3.64. The summed E-state index contributed by atoms with van der Waals surface area (Å²) in [7, 11) is 0. The maximum atomic E-state index is 15.4. The van der Waals surface area contributed by atoms with E-state index in [1.807, 2.05) is 13.8 Å². The molecule has 0 bridgehead atoms. The third kappa shape index (κ3) is 7.85. The number of hydrogen-bond acceptors (Lipinski definition) is 5. The Kier molecular flexibility index (Phi) is 12.1. The Morgan fingerprint density at radius 2 is 1.63 bits per heavy atom. The van der Waals surface area contributed by atoms with E-state index in [1.165, 1.54) is 6.07 Å². The predicted molar refractivity (Wildman–Crippen MR) is 181 cm³/mol. The fourth-order valence-electron chi connectivity index (χ4n) is 7.90. The van der Waals surface area contributed by atoms with Gasteiger partial charge in [-0.2, -0.15) is 0 Å². The molecule has 5 rings (SSSR count). The van der Waals surface area contributed by atoms with Crippen LogP contribution in [0.25, 0.3) is 0 Å². The molecule has 4 atom stereocenters. The third-order valence-electron chi connectivity index (χ3n) is 10.6. The van der Waals surface area contributed by atoms with Crippen molar-refractivity contribution in [3.8, 4) is 0 Å². The fourth-order valence-corrected chi connectivity index (χ4v) is 8.06. The SMILES string of the molecule is CC1CCC(N(C(=O)C(C)C)[C@H]2C[C@@H](C(=O)N3CCOCC3)N(C(=O)[C@@H]3CN(C(C)(C)C)C[C@H]3c3ccc(Cl)cc3F)C2)CC1.Cl. The summed E-state index contributed by atoms with van der Waals surface area (Å²) in [5, 5.41) is 0.315. The number of ether oxygens (including phenoxy) is 1. The largest absolute Gasteiger partial charge is 0.378 e. The van der Waals surface area contributed by atoms with Crippen molar-refractivity contribution >= 4 is 41.7 Å². The summed E-state index contributed by atoms with van der Waals surface area (Å²) in [6, 6.07) is 3.88. The van der Waals surface area contributed by atoms with E-state index in [1.54, 1.807) is 21.9 Å². The van der Waals surface area contributed by atoms with Crippen LogP contribution in [0.1, 0.15) is 85.1 Å². The molecular formula is C35H53Cl2FN4O4. The van der Waals surface area contributed by atoms with Gasteiger partial charge in [-0.05, 0) is 76.5 Å². The van der Waals surface area contributed by atoms with E-state index in [-0.39, 0.29) is 59.6 Å². The Morgan fingerprint density at radius 3 is 2.22 bits per heavy atom. The van der Waals surface area contributed by atoms with Gasteiger partial charge in [-0.1, -0.05) is 38.4 Å². The van der Waals surface area contributed by atoms with Gasteiger partial charge in [-0.25, -0.2) is 4.39 Å². The minimum Gasteiger partial charge on any atom is -0.378 e. The number of hydrogen-bond donors (Lipinski definition) is 0. The van der Waals surface area contributed by atoms with E-state index < -0.39 is 17.8 Å². The number of halogens is 3.